The van der Waals surface area contributed by atoms with Gasteiger partial charge in [-0.25, -0.2) is 19.8 Å². The van der Waals surface area contributed by atoms with Crippen molar-refractivity contribution in [2.24, 2.45) is 17.8 Å². The van der Waals surface area contributed by atoms with Crippen molar-refractivity contribution < 1.29 is 0 Å². The summed E-state index contributed by atoms with van der Waals surface area (Å²) in [4.78, 5) is 18.8. The van der Waals surface area contributed by atoms with Crippen molar-refractivity contribution in [3.63, 3.8) is 0 Å². The second-order valence-corrected chi connectivity index (χ2v) is 14.6. The van der Waals surface area contributed by atoms with Gasteiger partial charge in [-0.15, -0.1) is 0 Å². The Labute approximate surface area is 286 Å². The first kappa shape index (κ1) is 28.4. The van der Waals surface area contributed by atoms with E-state index in [0.29, 0.717) is 28.6 Å². The van der Waals surface area contributed by atoms with Crippen LogP contribution in [-0.2, 0) is 5.41 Å². The maximum Gasteiger partial charge on any atom is 0.187 e. The molecule has 2 aromatic heterocycles. The van der Waals surface area contributed by atoms with E-state index in [-0.39, 0.29) is 0 Å². The van der Waals surface area contributed by atoms with Crippen LogP contribution in [0.2, 0.25) is 0 Å². The molecule has 5 heteroatoms. The fraction of sp³-hybridized carbons (Fsp3) is 0.227. The Morgan fingerprint density at radius 3 is 1.94 bits per heavy atom. The zero-order valence-electron chi connectivity index (χ0n) is 27.3. The van der Waals surface area contributed by atoms with E-state index >= 15 is 0 Å². The number of para-hydroxylation sites is 2. The third kappa shape index (κ3) is 4.62. The third-order valence-corrected chi connectivity index (χ3v) is 11.6. The van der Waals surface area contributed by atoms with Gasteiger partial charge in [0.15, 0.2) is 23.2 Å². The average Bonchev–Trinajstić information content (AvgIpc) is 3.49. The molecule has 0 aliphatic heterocycles. The van der Waals surface area contributed by atoms with Crippen molar-refractivity contribution >= 4 is 27.5 Å². The van der Waals surface area contributed by atoms with Gasteiger partial charge in [0.2, 0.25) is 0 Å². The lowest BCUT2D eigenvalue weighted by Crippen LogP contribution is -2.48. The lowest BCUT2D eigenvalue weighted by molar-refractivity contribution is -0.00518. The number of rotatable bonds is 5. The van der Waals surface area contributed by atoms with Crippen molar-refractivity contribution in [3.05, 3.63) is 138 Å². The van der Waals surface area contributed by atoms with E-state index in [0.717, 1.165) is 56.6 Å². The van der Waals surface area contributed by atoms with Gasteiger partial charge < -0.3 is 4.57 Å². The van der Waals surface area contributed by atoms with Crippen LogP contribution in [0, 0.1) is 24.3 Å². The molecule has 7 aromatic rings. The lowest BCUT2D eigenvalue weighted by Gasteiger charge is -2.57. The van der Waals surface area contributed by atoms with Crippen molar-refractivity contribution in [1.29, 1.82) is 0 Å². The van der Waals surface area contributed by atoms with Crippen LogP contribution in [0.1, 0.15) is 44.1 Å². The molecule has 49 heavy (non-hydrogen) atoms. The summed E-state index contributed by atoms with van der Waals surface area (Å²) >= 11 is 0. The highest BCUT2D eigenvalue weighted by atomic mass is 15.0. The van der Waals surface area contributed by atoms with E-state index in [4.69, 9.17) is 21.5 Å². The summed E-state index contributed by atoms with van der Waals surface area (Å²) < 4.78 is 2.40. The first-order valence-corrected chi connectivity index (χ1v) is 17.6. The maximum absolute atomic E-state index is 7.59. The van der Waals surface area contributed by atoms with E-state index < -0.39 is 0 Å². The molecule has 0 atom stereocenters. The molecule has 4 bridgehead atoms. The Kier molecular flexibility index (Phi) is 6.36. The van der Waals surface area contributed by atoms with E-state index in [1.54, 1.807) is 0 Å². The SMILES string of the molecule is [C-]#[N+]c1cccc(-c2nc(-c3ccccc3)nc(-c3cccc4c5ccccc5n(-c5ccc(C67CC8CC(CC(C8)C6)C7)cc5)c34)n2)c1. The summed E-state index contributed by atoms with van der Waals surface area (Å²) in [6, 6.07) is 42.3. The van der Waals surface area contributed by atoms with Gasteiger partial charge in [-0.05, 0) is 97.6 Å². The smallest absolute Gasteiger partial charge is 0.187 e. The average molecular weight is 634 g/mol. The Bertz CT molecular complexity index is 2400. The molecule has 236 valence electrons. The van der Waals surface area contributed by atoms with Crippen LogP contribution in [-0.4, -0.2) is 19.5 Å². The number of benzene rings is 5. The summed E-state index contributed by atoms with van der Waals surface area (Å²) in [6.45, 7) is 7.59. The predicted octanol–water partition coefficient (Wildman–Crippen LogP) is 11.0. The summed E-state index contributed by atoms with van der Waals surface area (Å²) in [7, 11) is 0. The minimum absolute atomic E-state index is 0.360. The Hall–Kier alpha value is -5.60. The monoisotopic (exact) mass is 633 g/mol. The highest BCUT2D eigenvalue weighted by Gasteiger charge is 2.51. The fourth-order valence-electron chi connectivity index (χ4n) is 9.95. The molecule has 4 aliphatic carbocycles. The van der Waals surface area contributed by atoms with Crippen LogP contribution in [0.4, 0.5) is 5.69 Å². The predicted molar refractivity (Wildman–Crippen MR) is 197 cm³/mol. The van der Waals surface area contributed by atoms with Crippen LogP contribution in [0.5, 0.6) is 0 Å². The van der Waals surface area contributed by atoms with E-state index in [1.165, 1.54) is 49.5 Å². The van der Waals surface area contributed by atoms with E-state index in [9.17, 15) is 0 Å². The van der Waals surface area contributed by atoms with Gasteiger partial charge in [0.05, 0.1) is 17.6 Å². The standard InChI is InChI=1S/C44H35N5/c1-45-34-12-7-11-32(24-34)42-46-41(31-9-3-2-4-10-31)47-43(48-42)38-15-8-14-37-36-13-5-6-16-39(36)49(40(37)38)35-19-17-33(18-20-35)44-25-28-21-29(26-44)23-30(22-28)27-44/h2-20,24,28-30H,21-23,25-27H2. The van der Waals surface area contributed by atoms with Gasteiger partial charge in [0.25, 0.3) is 0 Å². The van der Waals surface area contributed by atoms with E-state index in [2.05, 4.69) is 76.1 Å². The number of hydrogen-bond donors (Lipinski definition) is 0. The Morgan fingerprint density at radius 2 is 1.20 bits per heavy atom. The van der Waals surface area contributed by atoms with Crippen LogP contribution in [0.3, 0.4) is 0 Å². The molecule has 5 aromatic carbocycles. The third-order valence-electron chi connectivity index (χ3n) is 11.6. The van der Waals surface area contributed by atoms with Gasteiger partial charge in [-0.1, -0.05) is 91.0 Å². The van der Waals surface area contributed by atoms with Gasteiger partial charge in [-0.3, -0.25) is 0 Å². The van der Waals surface area contributed by atoms with Crippen LogP contribution < -0.4 is 0 Å². The molecule has 0 N–H and O–H groups in total. The molecule has 0 radical (unpaired) electrons. The van der Waals surface area contributed by atoms with Crippen LogP contribution >= 0.6 is 0 Å². The summed E-state index contributed by atoms with van der Waals surface area (Å²) in [5.41, 5.74) is 8.50. The molecule has 0 saturated heterocycles. The molecule has 4 saturated carbocycles. The summed E-state index contributed by atoms with van der Waals surface area (Å²) in [5.74, 6) is 4.52. The Balaban J connectivity index is 1.17. The van der Waals surface area contributed by atoms with Crippen molar-refractivity contribution in [3.8, 4) is 39.9 Å². The highest BCUT2D eigenvalue weighted by molar-refractivity contribution is 6.13. The number of hydrogen-bond acceptors (Lipinski definition) is 3. The minimum atomic E-state index is 0.360. The van der Waals surface area contributed by atoms with Gasteiger partial charge >= 0.3 is 0 Å². The van der Waals surface area contributed by atoms with Crippen LogP contribution in [0.25, 0.3) is 66.5 Å². The second-order valence-electron chi connectivity index (χ2n) is 14.6. The normalized spacial score (nSPS) is 22.5. The highest BCUT2D eigenvalue weighted by Crippen LogP contribution is 2.60. The molecular formula is C44H35N5. The largest absolute Gasteiger partial charge is 0.309 e. The van der Waals surface area contributed by atoms with Gasteiger partial charge in [0.1, 0.15) is 0 Å². The molecular weight excluding hydrogens is 599 g/mol. The topological polar surface area (TPSA) is 48.0 Å². The van der Waals surface area contributed by atoms with Gasteiger partial charge in [-0.2, -0.15) is 0 Å². The van der Waals surface area contributed by atoms with Gasteiger partial charge in [0, 0.05) is 33.2 Å². The molecule has 0 spiro atoms. The number of nitrogens with zero attached hydrogens (tertiary/aromatic N) is 5. The number of fused-ring (bicyclic) bond motifs is 3. The van der Waals surface area contributed by atoms with Crippen molar-refractivity contribution in [2.45, 2.75) is 43.9 Å². The zero-order chi connectivity index (χ0) is 32.5. The maximum atomic E-state index is 7.59. The molecule has 5 nitrogen and oxygen atoms in total. The summed E-state index contributed by atoms with van der Waals surface area (Å²) in [5, 5.41) is 2.36. The second kappa shape index (κ2) is 11.0. The fourth-order valence-corrected chi connectivity index (χ4v) is 9.95. The lowest BCUT2D eigenvalue weighted by atomic mass is 9.48. The zero-order valence-corrected chi connectivity index (χ0v) is 27.3. The molecule has 11 rings (SSSR count). The Morgan fingerprint density at radius 1 is 0.592 bits per heavy atom. The quantitative estimate of drug-likeness (QED) is 0.177. The van der Waals surface area contributed by atoms with Crippen molar-refractivity contribution in [2.75, 3.05) is 0 Å². The molecule has 4 fully saturated rings. The first-order chi connectivity index (χ1) is 24.1. The molecule has 0 amide bonds. The van der Waals surface area contributed by atoms with Crippen LogP contribution in [0.15, 0.2) is 121 Å². The van der Waals surface area contributed by atoms with E-state index in [1.807, 2.05) is 54.6 Å². The molecule has 4 aliphatic rings. The minimum Gasteiger partial charge on any atom is -0.309 e. The van der Waals surface area contributed by atoms with Crippen molar-refractivity contribution in [1.82, 2.24) is 19.5 Å². The molecule has 2 heterocycles. The molecule has 0 unspecified atom stereocenters. The number of aromatic nitrogens is 4. The first-order valence-electron chi connectivity index (χ1n) is 17.6. The summed E-state index contributed by atoms with van der Waals surface area (Å²) in [6.07, 6.45) is 8.46.